The maximum absolute atomic E-state index is 12.6. The molecule has 1 aromatic heterocycles. The van der Waals surface area contributed by atoms with E-state index in [0.717, 1.165) is 28.5 Å². The molecular weight excluding hydrogens is 362 g/mol. The van der Waals surface area contributed by atoms with Crippen molar-refractivity contribution >= 4 is 23.8 Å². The Balaban J connectivity index is 1.68. The summed E-state index contributed by atoms with van der Waals surface area (Å²) in [6.45, 7) is 3.93. The second-order valence-electron chi connectivity index (χ2n) is 7.06. The van der Waals surface area contributed by atoms with Crippen molar-refractivity contribution in [3.8, 4) is 5.75 Å². The van der Waals surface area contributed by atoms with Crippen LogP contribution in [-0.2, 0) is 18.5 Å². The highest BCUT2D eigenvalue weighted by atomic mass is 32.1. The average Bonchev–Trinajstić information content (AvgIpc) is 3.45. The monoisotopic (exact) mass is 390 g/mol. The molecule has 1 fully saturated rings. The van der Waals surface area contributed by atoms with Crippen molar-refractivity contribution in [3.05, 3.63) is 34.9 Å². The van der Waals surface area contributed by atoms with Gasteiger partial charge in [-0.25, -0.2) is 0 Å². The molecule has 1 saturated carbocycles. The van der Waals surface area contributed by atoms with Crippen molar-refractivity contribution in [3.63, 3.8) is 0 Å². The quantitative estimate of drug-likeness (QED) is 0.640. The van der Waals surface area contributed by atoms with Gasteiger partial charge in [-0.2, -0.15) is 9.78 Å². The number of nitrogens with one attached hydrogen (secondary N) is 2. The van der Waals surface area contributed by atoms with Gasteiger partial charge < -0.3 is 19.5 Å². The Morgan fingerprint density at radius 1 is 1.41 bits per heavy atom. The Labute approximate surface area is 164 Å². The van der Waals surface area contributed by atoms with Crippen LogP contribution in [0, 0.1) is 4.77 Å². The molecule has 2 aromatic rings. The van der Waals surface area contributed by atoms with Gasteiger partial charge in [-0.05, 0) is 43.6 Å². The SMILES string of the molecule is CCC[NH+](CC(=O)Nc1ccccc1OC)Cn1nc(C2CC2)n(C)c1=S. The van der Waals surface area contributed by atoms with Gasteiger partial charge in [-0.3, -0.25) is 4.79 Å². The fourth-order valence-electron chi connectivity index (χ4n) is 3.26. The van der Waals surface area contributed by atoms with Gasteiger partial charge in [0.1, 0.15) is 11.6 Å². The smallest absolute Gasteiger partial charge is 0.279 e. The Kier molecular flexibility index (Phi) is 6.28. The lowest BCUT2D eigenvalue weighted by molar-refractivity contribution is -0.915. The first-order valence-corrected chi connectivity index (χ1v) is 9.84. The van der Waals surface area contributed by atoms with Crippen LogP contribution in [-0.4, -0.2) is 40.5 Å². The second-order valence-corrected chi connectivity index (χ2v) is 7.42. The molecule has 146 valence electrons. The Morgan fingerprint density at radius 2 is 2.15 bits per heavy atom. The number of hydrogen-bond acceptors (Lipinski definition) is 4. The van der Waals surface area contributed by atoms with Crippen LogP contribution < -0.4 is 15.0 Å². The molecule has 0 aliphatic heterocycles. The third kappa shape index (κ3) is 4.75. The standard InChI is InChI=1S/C19H27N5O2S/c1-4-11-23(12-17(25)20-15-7-5-6-8-16(15)26-3)13-24-19(27)22(2)18(21-24)14-9-10-14/h5-8,14H,4,9-13H2,1-3H3,(H,20,25)/p+1. The Morgan fingerprint density at radius 3 is 2.81 bits per heavy atom. The topological polar surface area (TPSA) is 65.5 Å². The van der Waals surface area contributed by atoms with E-state index in [1.54, 1.807) is 7.11 Å². The van der Waals surface area contributed by atoms with Gasteiger partial charge >= 0.3 is 0 Å². The Bertz CT molecular complexity index is 856. The third-order valence-corrected chi connectivity index (χ3v) is 5.27. The summed E-state index contributed by atoms with van der Waals surface area (Å²) >= 11 is 5.55. The van der Waals surface area contributed by atoms with E-state index < -0.39 is 0 Å². The summed E-state index contributed by atoms with van der Waals surface area (Å²) in [5, 5.41) is 7.66. The third-order valence-electron chi connectivity index (χ3n) is 4.79. The van der Waals surface area contributed by atoms with Gasteiger partial charge in [-0.15, -0.1) is 0 Å². The molecular formula is C19H28N5O2S+. The molecule has 1 amide bonds. The summed E-state index contributed by atoms with van der Waals surface area (Å²) in [6, 6.07) is 7.43. The number of anilines is 1. The van der Waals surface area contributed by atoms with E-state index in [1.807, 2.05) is 40.6 Å². The van der Waals surface area contributed by atoms with Crippen LogP contribution in [0.15, 0.2) is 24.3 Å². The number of methoxy groups -OCH3 is 1. The number of quaternary nitrogens is 1. The molecule has 3 rings (SSSR count). The number of aromatic nitrogens is 3. The van der Waals surface area contributed by atoms with Crippen molar-refractivity contribution in [2.75, 3.05) is 25.5 Å². The molecule has 0 spiro atoms. The van der Waals surface area contributed by atoms with E-state index in [-0.39, 0.29) is 5.91 Å². The van der Waals surface area contributed by atoms with Crippen LogP contribution in [0.3, 0.4) is 0 Å². The van der Waals surface area contributed by atoms with Crippen LogP contribution >= 0.6 is 12.2 Å². The molecule has 0 bridgehead atoms. The van der Waals surface area contributed by atoms with E-state index in [4.69, 9.17) is 22.1 Å². The molecule has 0 radical (unpaired) electrons. The fraction of sp³-hybridized carbons (Fsp3) is 0.526. The van der Waals surface area contributed by atoms with Gasteiger partial charge in [0.05, 0.1) is 19.3 Å². The Hall–Kier alpha value is -2.19. The first-order valence-electron chi connectivity index (χ1n) is 9.43. The number of para-hydroxylation sites is 2. The highest BCUT2D eigenvalue weighted by molar-refractivity contribution is 7.71. The summed E-state index contributed by atoms with van der Waals surface area (Å²) in [4.78, 5) is 13.7. The zero-order valence-electron chi connectivity index (χ0n) is 16.2. The van der Waals surface area contributed by atoms with Crippen LogP contribution in [0.4, 0.5) is 5.69 Å². The van der Waals surface area contributed by atoms with Gasteiger partial charge in [-0.1, -0.05) is 19.1 Å². The molecule has 1 aliphatic carbocycles. The van der Waals surface area contributed by atoms with Crippen molar-refractivity contribution in [1.82, 2.24) is 14.3 Å². The number of rotatable bonds is 9. The summed E-state index contributed by atoms with van der Waals surface area (Å²) in [5.41, 5.74) is 0.686. The highest BCUT2D eigenvalue weighted by Gasteiger charge is 2.29. The lowest BCUT2D eigenvalue weighted by atomic mass is 10.3. The summed E-state index contributed by atoms with van der Waals surface area (Å²) < 4.78 is 9.89. The zero-order chi connectivity index (χ0) is 19.4. The van der Waals surface area contributed by atoms with Gasteiger partial charge in [0.25, 0.3) is 5.91 Å². The zero-order valence-corrected chi connectivity index (χ0v) is 17.0. The number of ether oxygens (including phenoxy) is 1. The minimum absolute atomic E-state index is 0.0483. The van der Waals surface area contributed by atoms with E-state index in [0.29, 0.717) is 30.6 Å². The molecule has 1 aromatic carbocycles. The van der Waals surface area contributed by atoms with Crippen molar-refractivity contribution in [2.24, 2.45) is 7.05 Å². The number of carbonyl (C=O) groups is 1. The average molecular weight is 391 g/mol. The predicted octanol–water partition coefficient (Wildman–Crippen LogP) is 1.73. The number of nitrogens with zero attached hydrogens (tertiary/aromatic N) is 3. The van der Waals surface area contributed by atoms with Crippen LogP contribution in [0.25, 0.3) is 0 Å². The highest BCUT2D eigenvalue weighted by Crippen LogP contribution is 2.38. The minimum atomic E-state index is -0.0483. The molecule has 0 saturated heterocycles. The summed E-state index contributed by atoms with van der Waals surface area (Å²) in [6.07, 6.45) is 3.35. The molecule has 2 N–H and O–H groups in total. The largest absolute Gasteiger partial charge is 0.495 e. The van der Waals surface area contributed by atoms with E-state index in [9.17, 15) is 4.79 Å². The maximum Gasteiger partial charge on any atom is 0.279 e. The molecule has 27 heavy (non-hydrogen) atoms. The van der Waals surface area contributed by atoms with Crippen LogP contribution in [0.2, 0.25) is 0 Å². The van der Waals surface area contributed by atoms with Crippen LogP contribution in [0.1, 0.15) is 37.9 Å². The van der Waals surface area contributed by atoms with Crippen molar-refractivity contribution in [2.45, 2.75) is 38.8 Å². The van der Waals surface area contributed by atoms with E-state index >= 15 is 0 Å². The molecule has 1 unspecified atom stereocenters. The van der Waals surface area contributed by atoms with Gasteiger partial charge in [0.2, 0.25) is 4.77 Å². The minimum Gasteiger partial charge on any atom is -0.495 e. The van der Waals surface area contributed by atoms with Crippen LogP contribution in [0.5, 0.6) is 5.75 Å². The molecule has 8 heteroatoms. The summed E-state index contributed by atoms with van der Waals surface area (Å²) in [5.74, 6) is 2.22. The molecule has 1 atom stereocenters. The van der Waals surface area contributed by atoms with Gasteiger partial charge in [0, 0.05) is 13.0 Å². The van der Waals surface area contributed by atoms with E-state index in [2.05, 4.69) is 12.2 Å². The first kappa shape index (κ1) is 19.6. The number of amides is 1. The van der Waals surface area contributed by atoms with Gasteiger partial charge in [0.15, 0.2) is 13.2 Å². The molecule has 1 heterocycles. The predicted molar refractivity (Wildman–Crippen MR) is 107 cm³/mol. The normalized spacial score (nSPS) is 14.8. The van der Waals surface area contributed by atoms with Crippen molar-refractivity contribution in [1.29, 1.82) is 0 Å². The lowest BCUT2D eigenvalue weighted by Crippen LogP contribution is -3.12. The molecule has 7 nitrogen and oxygen atoms in total. The first-order chi connectivity index (χ1) is 13.0. The number of carbonyl (C=O) groups excluding carboxylic acids is 1. The number of benzene rings is 1. The second kappa shape index (κ2) is 8.67. The van der Waals surface area contributed by atoms with E-state index in [1.165, 1.54) is 12.8 Å². The fourth-order valence-corrected chi connectivity index (χ4v) is 3.46. The molecule has 1 aliphatic rings. The lowest BCUT2D eigenvalue weighted by Gasteiger charge is -2.18. The number of hydrogen-bond donors (Lipinski definition) is 2. The maximum atomic E-state index is 12.6. The summed E-state index contributed by atoms with van der Waals surface area (Å²) in [7, 11) is 3.58. The van der Waals surface area contributed by atoms with Crippen molar-refractivity contribution < 1.29 is 14.4 Å².